The number of Topliss-reactive ketones (excluding diaryl/α,β-unsaturated/α-hetero) is 1. The molecule has 2 aliphatic rings. The van der Waals surface area contributed by atoms with Gasteiger partial charge in [0, 0.05) is 39.8 Å². The van der Waals surface area contributed by atoms with E-state index in [0.717, 1.165) is 9.78 Å². The number of benzene rings is 1. The van der Waals surface area contributed by atoms with E-state index in [2.05, 4.69) is 11.9 Å². The van der Waals surface area contributed by atoms with Gasteiger partial charge in [0.1, 0.15) is 30.1 Å². The molecule has 200 valence electrons. The maximum Gasteiger partial charge on any atom is 0.411 e. The first-order valence-corrected chi connectivity index (χ1v) is 14.0. The van der Waals surface area contributed by atoms with E-state index in [9.17, 15) is 23.4 Å². The van der Waals surface area contributed by atoms with Gasteiger partial charge in [-0.15, -0.1) is 11.3 Å². The molecule has 0 radical (unpaired) electrons. The van der Waals surface area contributed by atoms with Gasteiger partial charge in [0.15, 0.2) is 0 Å². The third-order valence-electron chi connectivity index (χ3n) is 6.00. The van der Waals surface area contributed by atoms with Crippen LogP contribution in [0.4, 0.5) is 10.5 Å². The first-order chi connectivity index (χ1) is 18.3. The standard InChI is InChI=1S/C26H26N2O8S2/c1-2-9-35-25(32)22-17(14-36-26(33)27-18-7-5-16(13-29)6-8-18)15-38(34)24-21(23(31)28(22)24)12-19(30)11-20-4-3-10-37-20/h2-8,10,21,24,29H,1,9,11-15H2,(H,27,33)/t21-,24-,38?/m1/s1. The van der Waals surface area contributed by atoms with Crippen LogP contribution in [0, 0.1) is 5.92 Å². The predicted octanol–water partition coefficient (Wildman–Crippen LogP) is 2.52. The largest absolute Gasteiger partial charge is 0.457 e. The van der Waals surface area contributed by atoms with Crippen molar-refractivity contribution >= 4 is 51.6 Å². The van der Waals surface area contributed by atoms with Gasteiger partial charge in [0.05, 0.1) is 18.3 Å². The number of anilines is 1. The van der Waals surface area contributed by atoms with Crippen molar-refractivity contribution in [3.63, 3.8) is 0 Å². The summed E-state index contributed by atoms with van der Waals surface area (Å²) in [5, 5.41) is 12.7. The third-order valence-corrected chi connectivity index (χ3v) is 8.59. The second-order valence-corrected chi connectivity index (χ2v) is 11.2. The Morgan fingerprint density at radius 2 is 1.97 bits per heavy atom. The Morgan fingerprint density at radius 3 is 2.63 bits per heavy atom. The van der Waals surface area contributed by atoms with Gasteiger partial charge in [0.2, 0.25) is 5.91 Å². The Bertz CT molecular complexity index is 1290. The quantitative estimate of drug-likeness (QED) is 0.244. The Hall–Kier alpha value is -3.61. The lowest BCUT2D eigenvalue weighted by Crippen LogP contribution is -2.66. The summed E-state index contributed by atoms with van der Waals surface area (Å²) in [7, 11) is -1.63. The monoisotopic (exact) mass is 558 g/mol. The minimum atomic E-state index is -1.63. The molecule has 0 spiro atoms. The summed E-state index contributed by atoms with van der Waals surface area (Å²) in [5.41, 5.74) is 1.15. The van der Waals surface area contributed by atoms with Crippen LogP contribution in [0.15, 0.2) is 65.7 Å². The van der Waals surface area contributed by atoms with Crippen LogP contribution in [0.3, 0.4) is 0 Å². The van der Waals surface area contributed by atoms with Crippen molar-refractivity contribution in [3.8, 4) is 0 Å². The summed E-state index contributed by atoms with van der Waals surface area (Å²) in [6.45, 7) is 2.86. The summed E-state index contributed by atoms with van der Waals surface area (Å²) in [4.78, 5) is 52.9. The molecule has 2 amide bonds. The highest BCUT2D eigenvalue weighted by molar-refractivity contribution is 7.86. The number of fused-ring (bicyclic) bond motifs is 1. The van der Waals surface area contributed by atoms with Crippen LogP contribution in [0.5, 0.6) is 0 Å². The maximum atomic E-state index is 13.1. The number of carbonyl (C=O) groups excluding carboxylic acids is 4. The van der Waals surface area contributed by atoms with Crippen LogP contribution in [0.2, 0.25) is 0 Å². The number of esters is 1. The van der Waals surface area contributed by atoms with Crippen molar-refractivity contribution in [2.75, 3.05) is 24.3 Å². The molecule has 38 heavy (non-hydrogen) atoms. The number of carbonyl (C=O) groups is 4. The summed E-state index contributed by atoms with van der Waals surface area (Å²) >= 11 is 1.44. The van der Waals surface area contributed by atoms with Crippen LogP contribution in [-0.4, -0.2) is 62.3 Å². The SMILES string of the molecule is C=CCOC(=O)C1=C(COC(=O)Nc2ccc(CO)cc2)CS(=O)[C@@H]2[C@H](CC(=O)Cc3cccs3)C(=O)N12. The number of thiophene rings is 1. The Balaban J connectivity index is 1.47. The van der Waals surface area contributed by atoms with Gasteiger partial charge in [-0.25, -0.2) is 9.59 Å². The van der Waals surface area contributed by atoms with Crippen molar-refractivity contribution < 1.29 is 38.0 Å². The molecule has 0 aliphatic carbocycles. The van der Waals surface area contributed by atoms with Gasteiger partial charge >= 0.3 is 12.1 Å². The van der Waals surface area contributed by atoms with Crippen molar-refractivity contribution in [1.82, 2.24) is 4.90 Å². The summed E-state index contributed by atoms with van der Waals surface area (Å²) < 4.78 is 23.5. The highest BCUT2D eigenvalue weighted by atomic mass is 32.2. The number of β-lactam (4-membered cyclic amide) rings is 1. The minimum Gasteiger partial charge on any atom is -0.457 e. The first kappa shape index (κ1) is 27.4. The van der Waals surface area contributed by atoms with Gasteiger partial charge < -0.3 is 14.6 Å². The van der Waals surface area contributed by atoms with Crippen LogP contribution >= 0.6 is 11.3 Å². The normalized spacial score (nSPS) is 20.3. The number of rotatable bonds is 11. The molecule has 2 N–H and O–H groups in total. The van der Waals surface area contributed by atoms with Gasteiger partial charge in [-0.05, 0) is 29.1 Å². The zero-order valence-electron chi connectivity index (χ0n) is 20.3. The molecule has 3 heterocycles. The topological polar surface area (TPSA) is 139 Å². The average molecular weight is 559 g/mol. The number of hydrogen-bond donors (Lipinski definition) is 2. The van der Waals surface area contributed by atoms with Crippen LogP contribution in [0.1, 0.15) is 16.9 Å². The van der Waals surface area contributed by atoms with E-state index >= 15 is 0 Å². The lowest BCUT2D eigenvalue weighted by molar-refractivity contribution is -0.155. The third kappa shape index (κ3) is 6.09. The van der Waals surface area contributed by atoms with Crippen molar-refractivity contribution in [2.45, 2.75) is 24.8 Å². The molecule has 2 aliphatic heterocycles. The first-order valence-electron chi connectivity index (χ1n) is 11.7. The van der Waals surface area contributed by atoms with E-state index in [0.29, 0.717) is 11.3 Å². The number of hydrogen-bond acceptors (Lipinski definition) is 9. The van der Waals surface area contributed by atoms with Crippen molar-refractivity contribution in [3.05, 3.63) is 76.1 Å². The van der Waals surface area contributed by atoms with Crippen molar-refractivity contribution in [1.29, 1.82) is 0 Å². The summed E-state index contributed by atoms with van der Waals surface area (Å²) in [6, 6.07) is 10.1. The molecule has 3 atom stereocenters. The molecule has 10 nitrogen and oxygen atoms in total. The van der Waals surface area contributed by atoms with Crippen molar-refractivity contribution in [2.24, 2.45) is 5.92 Å². The molecule has 1 saturated heterocycles. The fourth-order valence-corrected chi connectivity index (χ4v) is 6.72. The smallest absolute Gasteiger partial charge is 0.411 e. The predicted molar refractivity (Wildman–Crippen MR) is 140 cm³/mol. The number of nitrogens with zero attached hydrogens (tertiary/aromatic N) is 1. The maximum absolute atomic E-state index is 13.1. The van der Waals surface area contributed by atoms with E-state index in [1.807, 2.05) is 17.5 Å². The molecule has 1 unspecified atom stereocenters. The Kier molecular flexibility index (Phi) is 8.87. The molecule has 4 rings (SSSR count). The minimum absolute atomic E-state index is 0.0814. The second kappa shape index (κ2) is 12.3. The zero-order chi connectivity index (χ0) is 27.2. The molecular weight excluding hydrogens is 532 g/mol. The Morgan fingerprint density at radius 1 is 1.21 bits per heavy atom. The molecule has 1 aromatic heterocycles. The molecule has 2 aromatic rings. The van der Waals surface area contributed by atoms with Gasteiger partial charge in [-0.2, -0.15) is 0 Å². The van der Waals surface area contributed by atoms with E-state index < -0.39 is 46.7 Å². The number of ketones is 1. The van der Waals surface area contributed by atoms with Gasteiger partial charge in [-0.3, -0.25) is 24.0 Å². The van der Waals surface area contributed by atoms with E-state index in [-0.39, 0.29) is 48.9 Å². The van der Waals surface area contributed by atoms with E-state index in [1.165, 1.54) is 17.4 Å². The second-order valence-electron chi connectivity index (χ2n) is 8.62. The van der Waals surface area contributed by atoms with E-state index in [4.69, 9.17) is 14.6 Å². The lowest BCUT2D eigenvalue weighted by atomic mass is 9.89. The van der Waals surface area contributed by atoms with Gasteiger partial charge in [0.25, 0.3) is 0 Å². The summed E-state index contributed by atoms with van der Waals surface area (Å²) in [5.74, 6) is -2.42. The number of ether oxygens (including phenoxy) is 2. The lowest BCUT2D eigenvalue weighted by Gasteiger charge is -2.49. The molecule has 1 fully saturated rings. The van der Waals surface area contributed by atoms with Crippen LogP contribution < -0.4 is 5.32 Å². The zero-order valence-corrected chi connectivity index (χ0v) is 21.9. The highest BCUT2D eigenvalue weighted by Gasteiger charge is 2.57. The van der Waals surface area contributed by atoms with E-state index in [1.54, 1.807) is 24.3 Å². The number of aliphatic hydroxyl groups excluding tert-OH is 1. The molecule has 12 heteroatoms. The molecule has 0 bridgehead atoms. The van der Waals surface area contributed by atoms with Gasteiger partial charge in [-0.1, -0.05) is 30.9 Å². The number of nitrogens with one attached hydrogen (secondary N) is 1. The Labute approximate surface area is 225 Å². The number of aliphatic hydroxyl groups is 1. The highest BCUT2D eigenvalue weighted by Crippen LogP contribution is 2.41. The fraction of sp³-hybridized carbons (Fsp3) is 0.308. The van der Waals surface area contributed by atoms with Crippen LogP contribution in [0.25, 0.3) is 0 Å². The fourth-order valence-electron chi connectivity index (χ4n) is 4.23. The number of amides is 2. The molecule has 0 saturated carbocycles. The summed E-state index contributed by atoms with van der Waals surface area (Å²) in [6.07, 6.45) is 0.643. The molecular formula is C26H26N2O8S2. The average Bonchev–Trinajstić information content (AvgIpc) is 3.42. The molecule has 1 aromatic carbocycles. The van der Waals surface area contributed by atoms with Crippen LogP contribution in [-0.2, 0) is 47.7 Å².